The summed E-state index contributed by atoms with van der Waals surface area (Å²) in [4.78, 5) is 13.1. The topological polar surface area (TPSA) is 70.0 Å². The lowest BCUT2D eigenvalue weighted by atomic mass is 10.1. The van der Waals surface area contributed by atoms with E-state index in [0.29, 0.717) is 12.3 Å². The predicted octanol–water partition coefficient (Wildman–Crippen LogP) is 1.89. The fourth-order valence-electron chi connectivity index (χ4n) is 2.25. The summed E-state index contributed by atoms with van der Waals surface area (Å²) >= 11 is 0. The van der Waals surface area contributed by atoms with Gasteiger partial charge in [-0.3, -0.25) is 0 Å². The average molecular weight is 279 g/mol. The van der Waals surface area contributed by atoms with E-state index in [1.807, 2.05) is 12.1 Å². The van der Waals surface area contributed by atoms with E-state index in [1.165, 1.54) is 13.8 Å². The van der Waals surface area contributed by atoms with E-state index < -0.39 is 11.6 Å². The SMILES string of the molecule is CC(C)(Oc1ccc(N2CCC[C@H](O)C2)cc1)C(=O)O. The molecule has 0 unspecified atom stereocenters. The molecule has 110 valence electrons. The summed E-state index contributed by atoms with van der Waals surface area (Å²) in [6, 6.07) is 7.32. The fraction of sp³-hybridized carbons (Fsp3) is 0.533. The fourth-order valence-corrected chi connectivity index (χ4v) is 2.25. The zero-order valence-corrected chi connectivity index (χ0v) is 11.9. The second-order valence-corrected chi connectivity index (χ2v) is 5.65. The number of carboxylic acid groups (broad SMARTS) is 1. The molecule has 0 radical (unpaired) electrons. The average Bonchev–Trinajstić information content (AvgIpc) is 2.39. The summed E-state index contributed by atoms with van der Waals surface area (Å²) in [5.74, 6) is -0.473. The molecule has 1 aliphatic rings. The van der Waals surface area contributed by atoms with Gasteiger partial charge < -0.3 is 19.8 Å². The third kappa shape index (κ3) is 3.42. The Hall–Kier alpha value is -1.75. The molecule has 20 heavy (non-hydrogen) atoms. The molecular weight excluding hydrogens is 258 g/mol. The van der Waals surface area contributed by atoms with Crippen molar-refractivity contribution < 1.29 is 19.7 Å². The van der Waals surface area contributed by atoms with Crippen LogP contribution in [0.3, 0.4) is 0 Å². The van der Waals surface area contributed by atoms with E-state index in [9.17, 15) is 9.90 Å². The molecule has 1 aliphatic heterocycles. The molecular formula is C15H21NO4. The van der Waals surface area contributed by atoms with Crippen molar-refractivity contribution in [2.75, 3.05) is 18.0 Å². The number of β-amino-alcohol motifs (C(OH)–C–C–N with tert-alkyl or cyclic N) is 1. The molecule has 0 spiro atoms. The number of piperidine rings is 1. The van der Waals surface area contributed by atoms with Crippen LogP contribution < -0.4 is 9.64 Å². The van der Waals surface area contributed by atoms with Crippen molar-refractivity contribution in [1.82, 2.24) is 0 Å². The highest BCUT2D eigenvalue weighted by Crippen LogP contribution is 2.25. The van der Waals surface area contributed by atoms with Crippen molar-refractivity contribution >= 4 is 11.7 Å². The van der Waals surface area contributed by atoms with Crippen LogP contribution in [0.4, 0.5) is 5.69 Å². The molecule has 5 heteroatoms. The summed E-state index contributed by atoms with van der Waals surface area (Å²) in [6.45, 7) is 4.60. The monoisotopic (exact) mass is 279 g/mol. The van der Waals surface area contributed by atoms with Crippen molar-refractivity contribution in [3.63, 3.8) is 0 Å². The maximum atomic E-state index is 11.0. The summed E-state index contributed by atoms with van der Waals surface area (Å²) in [5, 5.41) is 18.7. The largest absolute Gasteiger partial charge is 0.478 e. The number of aliphatic hydroxyl groups excluding tert-OH is 1. The lowest BCUT2D eigenvalue weighted by Gasteiger charge is -2.32. The number of hydrogen-bond acceptors (Lipinski definition) is 4. The third-order valence-corrected chi connectivity index (χ3v) is 3.49. The number of carbonyl (C=O) groups is 1. The van der Waals surface area contributed by atoms with Gasteiger partial charge >= 0.3 is 5.97 Å². The number of aliphatic hydroxyl groups is 1. The molecule has 2 rings (SSSR count). The third-order valence-electron chi connectivity index (χ3n) is 3.49. The molecule has 0 bridgehead atoms. The molecule has 1 atom stereocenters. The summed E-state index contributed by atoms with van der Waals surface area (Å²) in [5.41, 5.74) is -0.229. The molecule has 0 saturated carbocycles. The maximum Gasteiger partial charge on any atom is 0.347 e. The van der Waals surface area contributed by atoms with E-state index in [2.05, 4.69) is 4.90 Å². The second-order valence-electron chi connectivity index (χ2n) is 5.65. The van der Waals surface area contributed by atoms with Crippen LogP contribution in [0.5, 0.6) is 5.75 Å². The summed E-state index contributed by atoms with van der Waals surface area (Å²) in [6.07, 6.45) is 1.56. The van der Waals surface area contributed by atoms with Crippen LogP contribution in [0.1, 0.15) is 26.7 Å². The Bertz CT molecular complexity index is 469. The van der Waals surface area contributed by atoms with Crippen molar-refractivity contribution in [3.05, 3.63) is 24.3 Å². The smallest absolute Gasteiger partial charge is 0.347 e. The van der Waals surface area contributed by atoms with Crippen molar-refractivity contribution in [2.45, 2.75) is 38.4 Å². The Morgan fingerprint density at radius 3 is 2.55 bits per heavy atom. The molecule has 5 nitrogen and oxygen atoms in total. The minimum atomic E-state index is -1.25. The van der Waals surface area contributed by atoms with Gasteiger partial charge in [0.05, 0.1) is 6.10 Å². The number of carboxylic acids is 1. The first-order valence-electron chi connectivity index (χ1n) is 6.84. The van der Waals surface area contributed by atoms with Gasteiger partial charge in [-0.1, -0.05) is 0 Å². The first-order chi connectivity index (χ1) is 9.38. The molecule has 1 saturated heterocycles. The molecule has 0 aromatic heterocycles. The Kier molecular flexibility index (Phi) is 4.18. The molecule has 1 aromatic rings. The van der Waals surface area contributed by atoms with Crippen LogP contribution in [0.2, 0.25) is 0 Å². The lowest BCUT2D eigenvalue weighted by Crippen LogP contribution is -2.38. The number of anilines is 1. The first-order valence-corrected chi connectivity index (χ1v) is 6.84. The predicted molar refractivity (Wildman–Crippen MR) is 76.2 cm³/mol. The van der Waals surface area contributed by atoms with Gasteiger partial charge in [0.25, 0.3) is 0 Å². The number of aliphatic carboxylic acids is 1. The number of hydrogen-bond donors (Lipinski definition) is 2. The van der Waals surface area contributed by atoms with Crippen LogP contribution in [0.15, 0.2) is 24.3 Å². The molecule has 1 fully saturated rings. The van der Waals surface area contributed by atoms with Gasteiger partial charge in [0, 0.05) is 18.8 Å². The van der Waals surface area contributed by atoms with Crippen LogP contribution in [0, 0.1) is 0 Å². The first kappa shape index (κ1) is 14.7. The van der Waals surface area contributed by atoms with Crippen LogP contribution in [0.25, 0.3) is 0 Å². The minimum Gasteiger partial charge on any atom is -0.478 e. The van der Waals surface area contributed by atoms with Gasteiger partial charge in [0.15, 0.2) is 5.60 Å². The van der Waals surface area contributed by atoms with Crippen molar-refractivity contribution in [1.29, 1.82) is 0 Å². The zero-order chi connectivity index (χ0) is 14.8. The zero-order valence-electron chi connectivity index (χ0n) is 11.9. The van der Waals surface area contributed by atoms with E-state index in [4.69, 9.17) is 9.84 Å². The Morgan fingerprint density at radius 1 is 1.35 bits per heavy atom. The molecule has 1 heterocycles. The van der Waals surface area contributed by atoms with E-state index in [0.717, 1.165) is 25.1 Å². The Labute approximate surface area is 118 Å². The van der Waals surface area contributed by atoms with Gasteiger partial charge in [-0.2, -0.15) is 0 Å². The maximum absolute atomic E-state index is 11.0. The second kappa shape index (κ2) is 5.71. The normalized spacial score (nSPS) is 19.8. The van der Waals surface area contributed by atoms with Gasteiger partial charge in [-0.15, -0.1) is 0 Å². The van der Waals surface area contributed by atoms with Crippen LogP contribution >= 0.6 is 0 Å². The van der Waals surface area contributed by atoms with E-state index >= 15 is 0 Å². The highest BCUT2D eigenvalue weighted by atomic mass is 16.5. The standard InChI is InChI=1S/C15H21NO4/c1-15(2,14(18)19)20-13-7-5-11(6-8-13)16-9-3-4-12(17)10-16/h5-8,12,17H,3-4,9-10H2,1-2H3,(H,18,19)/t12-/m0/s1. The van der Waals surface area contributed by atoms with Crippen LogP contribution in [-0.4, -0.2) is 41.0 Å². The highest BCUT2D eigenvalue weighted by Gasteiger charge is 2.29. The molecule has 0 amide bonds. The Morgan fingerprint density at radius 2 is 2.00 bits per heavy atom. The van der Waals surface area contributed by atoms with Gasteiger partial charge in [0.1, 0.15) is 5.75 Å². The minimum absolute atomic E-state index is 0.273. The Balaban J connectivity index is 2.04. The van der Waals surface area contributed by atoms with Gasteiger partial charge in [-0.25, -0.2) is 4.79 Å². The quantitative estimate of drug-likeness (QED) is 0.880. The number of ether oxygens (including phenoxy) is 1. The van der Waals surface area contributed by atoms with Gasteiger partial charge in [-0.05, 0) is 51.0 Å². The molecule has 0 aliphatic carbocycles. The van der Waals surface area contributed by atoms with E-state index in [1.54, 1.807) is 12.1 Å². The van der Waals surface area contributed by atoms with Crippen LogP contribution in [-0.2, 0) is 4.79 Å². The van der Waals surface area contributed by atoms with Crippen molar-refractivity contribution in [2.24, 2.45) is 0 Å². The van der Waals surface area contributed by atoms with E-state index in [-0.39, 0.29) is 6.10 Å². The summed E-state index contributed by atoms with van der Waals surface area (Å²) in [7, 11) is 0. The molecule has 2 N–H and O–H groups in total. The highest BCUT2D eigenvalue weighted by molar-refractivity contribution is 5.76. The number of nitrogens with zero attached hydrogens (tertiary/aromatic N) is 1. The lowest BCUT2D eigenvalue weighted by molar-refractivity contribution is -0.152. The van der Waals surface area contributed by atoms with Gasteiger partial charge in [0.2, 0.25) is 0 Å². The summed E-state index contributed by atoms with van der Waals surface area (Å²) < 4.78 is 5.46. The number of rotatable bonds is 4. The molecule has 1 aromatic carbocycles. The number of benzene rings is 1. The van der Waals surface area contributed by atoms with Crippen molar-refractivity contribution in [3.8, 4) is 5.75 Å².